The van der Waals surface area contributed by atoms with E-state index in [0.29, 0.717) is 45.4 Å². The highest BCUT2D eigenvalue weighted by atomic mass is 19.3. The van der Waals surface area contributed by atoms with Gasteiger partial charge < -0.3 is 20.5 Å². The summed E-state index contributed by atoms with van der Waals surface area (Å²) in [7, 11) is 0. The molecular weight excluding hydrogens is 937 g/mol. The molecule has 3 N–H and O–H groups in total. The average molecular weight is 981 g/mol. The number of hydrogen-bond acceptors (Lipinski definition) is 13. The number of carbonyl (C=O) groups is 7. The van der Waals surface area contributed by atoms with Crippen LogP contribution in [0.5, 0.6) is 0 Å². The number of imidazole rings is 2. The molecule has 4 aromatic heterocycles. The number of halogens is 4. The molecule has 0 radical (unpaired) electrons. The van der Waals surface area contributed by atoms with Crippen molar-refractivity contribution in [2.45, 2.75) is 94.4 Å². The minimum Gasteiger partial charge on any atom is -0.458 e. The predicted molar refractivity (Wildman–Crippen MR) is 241 cm³/mol. The molecule has 0 bridgehead atoms. The van der Waals surface area contributed by atoms with E-state index in [-0.39, 0.29) is 50.0 Å². The smallest absolute Gasteiger partial charge is 0.325 e. The molecule has 19 nitrogen and oxygen atoms in total. The fraction of sp³-hybridized carbons (Fsp3) is 0.354. The van der Waals surface area contributed by atoms with Crippen LogP contribution in [-0.2, 0) is 32.3 Å². The maximum Gasteiger partial charge on any atom is 0.325 e. The number of amides is 6. The number of aromatic nitrogens is 6. The van der Waals surface area contributed by atoms with Gasteiger partial charge in [-0.25, -0.2) is 47.1 Å². The number of nitrogens with zero attached hydrogens (tertiary/aromatic N) is 8. The maximum atomic E-state index is 13.6. The molecule has 6 aromatic rings. The third kappa shape index (κ3) is 9.31. The SMILES string of the molecule is CC(=O)OCc1nc2cccnc2n1-c1ccc(C(=O)CN2C(=O)NC3(CCC(F)(F)CC3)C2=O)cc1.O=C(CN1C(=O)NC2(CCC(F)(F)CC2)C1=O)c1ccc(-n2c(CO)nc3cccnc32)cc1. The van der Waals surface area contributed by atoms with Crippen LogP contribution in [0.25, 0.3) is 33.7 Å². The number of benzene rings is 2. The number of nitrogens with one attached hydrogen (secondary N) is 2. The molecule has 2 saturated carbocycles. The van der Waals surface area contributed by atoms with Gasteiger partial charge in [-0.3, -0.25) is 42.9 Å². The summed E-state index contributed by atoms with van der Waals surface area (Å²) in [4.78, 5) is 107. The van der Waals surface area contributed by atoms with E-state index >= 15 is 0 Å². The first-order valence-corrected chi connectivity index (χ1v) is 22.5. The molecular formula is C48H44F4N10O9. The molecule has 0 unspecified atom stereocenters. The van der Waals surface area contributed by atoms with E-state index in [4.69, 9.17) is 4.74 Å². The van der Waals surface area contributed by atoms with Crippen LogP contribution in [0.3, 0.4) is 0 Å². The lowest BCUT2D eigenvalue weighted by Crippen LogP contribution is -2.51. The zero-order valence-corrected chi connectivity index (χ0v) is 37.9. The van der Waals surface area contributed by atoms with Crippen LogP contribution >= 0.6 is 0 Å². The normalized spacial score (nSPS) is 18.7. The van der Waals surface area contributed by atoms with E-state index in [1.54, 1.807) is 82.2 Å². The van der Waals surface area contributed by atoms with Gasteiger partial charge in [0.25, 0.3) is 11.8 Å². The summed E-state index contributed by atoms with van der Waals surface area (Å²) >= 11 is 0. The molecule has 368 valence electrons. The van der Waals surface area contributed by atoms with Crippen molar-refractivity contribution < 1.29 is 61.0 Å². The zero-order valence-electron chi connectivity index (χ0n) is 37.9. The Hall–Kier alpha value is -7.95. The summed E-state index contributed by atoms with van der Waals surface area (Å²) in [6, 6.07) is 18.3. The van der Waals surface area contributed by atoms with Gasteiger partial charge in [-0.15, -0.1) is 0 Å². The van der Waals surface area contributed by atoms with E-state index in [0.717, 1.165) is 9.80 Å². The minimum atomic E-state index is -2.87. The Morgan fingerprint density at radius 3 is 1.39 bits per heavy atom. The number of urea groups is 2. The molecule has 6 amide bonds. The Morgan fingerprint density at radius 2 is 1.00 bits per heavy atom. The highest BCUT2D eigenvalue weighted by molar-refractivity contribution is 6.12. The van der Waals surface area contributed by atoms with Gasteiger partial charge in [-0.2, -0.15) is 0 Å². The second-order valence-corrected chi connectivity index (χ2v) is 17.8. The number of carbonyl (C=O) groups excluding carboxylic acids is 7. The fourth-order valence-electron chi connectivity index (χ4n) is 9.30. The Labute approximate surface area is 400 Å². The number of pyridine rings is 2. The third-order valence-electron chi connectivity index (χ3n) is 13.2. The fourth-order valence-corrected chi connectivity index (χ4v) is 9.30. The van der Waals surface area contributed by atoms with Crippen LogP contribution in [0, 0.1) is 0 Å². The van der Waals surface area contributed by atoms with Gasteiger partial charge in [-0.05, 0) is 98.5 Å². The second-order valence-electron chi connectivity index (χ2n) is 17.8. The molecule has 2 aliphatic heterocycles. The van der Waals surface area contributed by atoms with Gasteiger partial charge in [0.05, 0.1) is 13.1 Å². The molecule has 2 aromatic carbocycles. The summed E-state index contributed by atoms with van der Waals surface area (Å²) in [5, 5.41) is 14.7. The predicted octanol–water partition coefficient (Wildman–Crippen LogP) is 5.76. The summed E-state index contributed by atoms with van der Waals surface area (Å²) in [5.74, 6) is -7.60. The number of hydrogen-bond donors (Lipinski definition) is 3. The number of rotatable bonds is 11. The number of alkyl halides is 4. The first kappa shape index (κ1) is 48.1. The Bertz CT molecular complexity index is 3120. The van der Waals surface area contributed by atoms with E-state index < -0.39 is 103 Å². The number of ether oxygens (including phenoxy) is 1. The van der Waals surface area contributed by atoms with Crippen molar-refractivity contribution in [3.8, 4) is 11.4 Å². The summed E-state index contributed by atoms with van der Waals surface area (Å²) in [6.07, 6.45) is 0.558. The molecule has 4 fully saturated rings. The van der Waals surface area contributed by atoms with Gasteiger partial charge in [-0.1, -0.05) is 0 Å². The number of imide groups is 2. The highest BCUT2D eigenvalue weighted by Gasteiger charge is 2.57. The van der Waals surface area contributed by atoms with E-state index in [1.807, 2.05) is 0 Å². The molecule has 10 rings (SSSR count). The van der Waals surface area contributed by atoms with Crippen molar-refractivity contribution in [3.05, 3.63) is 108 Å². The lowest BCUT2D eigenvalue weighted by molar-refractivity contribution is -0.142. The summed E-state index contributed by atoms with van der Waals surface area (Å²) in [5.41, 5.74) is 1.30. The summed E-state index contributed by atoms with van der Waals surface area (Å²) < 4.78 is 62.8. The van der Waals surface area contributed by atoms with Gasteiger partial charge in [0.1, 0.15) is 41.1 Å². The minimum absolute atomic E-state index is 0.0771. The Morgan fingerprint density at radius 1 is 0.606 bits per heavy atom. The maximum absolute atomic E-state index is 13.6. The van der Waals surface area contributed by atoms with E-state index in [1.165, 1.54) is 19.1 Å². The molecule has 0 atom stereocenters. The van der Waals surface area contributed by atoms with Crippen molar-refractivity contribution >= 4 is 63.7 Å². The quantitative estimate of drug-likeness (QED) is 0.0606. The molecule has 23 heteroatoms. The average Bonchev–Trinajstić information content (AvgIpc) is 4.06. The number of aliphatic hydroxyl groups excluding tert-OH is 1. The van der Waals surface area contributed by atoms with Crippen LogP contribution in [0.15, 0.2) is 85.2 Å². The molecule has 2 aliphatic carbocycles. The van der Waals surface area contributed by atoms with Gasteiger partial charge >= 0.3 is 18.0 Å². The van der Waals surface area contributed by atoms with Crippen LogP contribution in [0.1, 0.15) is 90.7 Å². The van der Waals surface area contributed by atoms with Crippen molar-refractivity contribution in [2.75, 3.05) is 13.1 Å². The van der Waals surface area contributed by atoms with Gasteiger partial charge in [0, 0.05) is 67.5 Å². The van der Waals surface area contributed by atoms with Crippen molar-refractivity contribution in [1.29, 1.82) is 0 Å². The van der Waals surface area contributed by atoms with Crippen LogP contribution < -0.4 is 10.6 Å². The Kier molecular flexibility index (Phi) is 12.5. The molecule has 71 heavy (non-hydrogen) atoms. The van der Waals surface area contributed by atoms with Gasteiger partial charge in [0.15, 0.2) is 28.7 Å². The van der Waals surface area contributed by atoms with Crippen LogP contribution in [-0.4, -0.2) is 121 Å². The van der Waals surface area contributed by atoms with Gasteiger partial charge in [0.2, 0.25) is 11.8 Å². The topological polar surface area (TPSA) is 241 Å². The lowest BCUT2D eigenvalue weighted by atomic mass is 9.80. The zero-order chi connectivity index (χ0) is 50.5. The lowest BCUT2D eigenvalue weighted by Gasteiger charge is -2.34. The number of esters is 1. The third-order valence-corrected chi connectivity index (χ3v) is 13.2. The van der Waals surface area contributed by atoms with Crippen LogP contribution in [0.4, 0.5) is 27.2 Å². The van der Waals surface area contributed by atoms with Crippen molar-refractivity contribution in [2.24, 2.45) is 0 Å². The first-order chi connectivity index (χ1) is 33.8. The van der Waals surface area contributed by atoms with Crippen molar-refractivity contribution in [1.82, 2.24) is 49.5 Å². The first-order valence-electron chi connectivity index (χ1n) is 22.5. The molecule has 2 saturated heterocycles. The van der Waals surface area contributed by atoms with Crippen LogP contribution in [0.2, 0.25) is 0 Å². The standard InChI is InChI=1S/C25H23F2N5O5.C23H21F2N5O4/c1-15(33)37-14-20-29-18-3-2-12-28-21(18)32(20)17-6-4-16(5-7-17)19(34)13-31-22(35)24(30-23(31)36)8-10-25(26,27)11-9-24;24-23(25)9-7-22(8-10-23)20(33)29(21(34)28-22)12-17(32)14-3-5-15(6-4-14)30-18(13-31)27-16-2-1-11-26-19(16)30/h2-7,12H,8-11,13-14H2,1H3,(H,30,36);1-6,11,31H,7-10,12-13H2,(H,28,34). The van der Waals surface area contributed by atoms with E-state index in [2.05, 4.69) is 30.6 Å². The van der Waals surface area contributed by atoms with Crippen molar-refractivity contribution in [3.63, 3.8) is 0 Å². The largest absolute Gasteiger partial charge is 0.458 e. The summed E-state index contributed by atoms with van der Waals surface area (Å²) in [6.45, 7) is -0.0828. The number of Topliss-reactive ketones (excluding diaryl/α,β-unsaturated/α-hetero) is 2. The number of fused-ring (bicyclic) bond motifs is 2. The molecule has 6 heterocycles. The number of aliphatic hydroxyl groups is 1. The van der Waals surface area contributed by atoms with E-state index in [9.17, 15) is 56.2 Å². The number of ketones is 2. The monoisotopic (exact) mass is 980 g/mol. The highest BCUT2D eigenvalue weighted by Crippen LogP contribution is 2.43. The second kappa shape index (κ2) is 18.4. The molecule has 2 spiro atoms. The Balaban J connectivity index is 0.000000176. The molecule has 4 aliphatic rings.